The Morgan fingerprint density at radius 2 is 2.07 bits per heavy atom. The maximum Gasteiger partial charge on any atom is 0.227 e. The summed E-state index contributed by atoms with van der Waals surface area (Å²) in [5.41, 5.74) is 1.87. The van der Waals surface area contributed by atoms with Crippen molar-refractivity contribution in [3.8, 4) is 5.75 Å². The lowest BCUT2D eigenvalue weighted by molar-refractivity contribution is -0.131. The van der Waals surface area contributed by atoms with Crippen LogP contribution in [-0.4, -0.2) is 29.4 Å². The second-order valence-electron chi connectivity index (χ2n) is 7.24. The fraction of sp³-hybridized carbons (Fsp3) is 0.304. The highest BCUT2D eigenvalue weighted by atomic mass is 19.1. The van der Waals surface area contributed by atoms with E-state index in [0.29, 0.717) is 31.0 Å². The van der Waals surface area contributed by atoms with E-state index in [2.05, 4.69) is 4.98 Å². The Morgan fingerprint density at radius 1 is 1.24 bits per heavy atom. The van der Waals surface area contributed by atoms with E-state index in [1.165, 1.54) is 12.1 Å². The molecule has 0 radical (unpaired) electrons. The number of amides is 1. The van der Waals surface area contributed by atoms with Gasteiger partial charge in [-0.2, -0.15) is 0 Å². The summed E-state index contributed by atoms with van der Waals surface area (Å²) in [6.07, 6.45) is 4.31. The first kappa shape index (κ1) is 19.2. The topological polar surface area (TPSA) is 55.6 Å². The lowest BCUT2D eigenvalue weighted by Crippen LogP contribution is -2.32. The maximum absolute atomic E-state index is 13.1. The third-order valence-electron chi connectivity index (χ3n) is 5.21. The van der Waals surface area contributed by atoms with E-state index in [-0.39, 0.29) is 17.8 Å². The Labute approximate surface area is 169 Å². The molecule has 0 aliphatic carbocycles. The molecule has 1 aliphatic heterocycles. The van der Waals surface area contributed by atoms with Gasteiger partial charge in [-0.15, -0.1) is 0 Å². The number of carbonyl (C=O) groups excluding carboxylic acids is 1. The number of ether oxygens (including phenoxy) is 1. The number of nitrogens with zero attached hydrogens (tertiary/aromatic N) is 2. The van der Waals surface area contributed by atoms with E-state index in [4.69, 9.17) is 9.15 Å². The van der Waals surface area contributed by atoms with Crippen molar-refractivity contribution in [2.75, 3.05) is 13.7 Å². The minimum atomic E-state index is -0.261. The van der Waals surface area contributed by atoms with E-state index >= 15 is 0 Å². The summed E-state index contributed by atoms with van der Waals surface area (Å²) >= 11 is 0. The lowest BCUT2D eigenvalue weighted by atomic mass is 10.1. The number of aromatic nitrogens is 1. The molecule has 0 saturated carbocycles. The third-order valence-corrected chi connectivity index (χ3v) is 5.21. The molecule has 29 heavy (non-hydrogen) atoms. The van der Waals surface area contributed by atoms with Gasteiger partial charge >= 0.3 is 0 Å². The molecule has 0 spiro atoms. The molecule has 1 aromatic heterocycles. The van der Waals surface area contributed by atoms with Crippen LogP contribution in [0.15, 0.2) is 59.1 Å². The predicted molar refractivity (Wildman–Crippen MR) is 106 cm³/mol. The molecule has 150 valence electrons. The molecule has 6 heteroatoms. The van der Waals surface area contributed by atoms with Crippen LogP contribution in [0.25, 0.3) is 0 Å². The zero-order valence-electron chi connectivity index (χ0n) is 16.3. The van der Waals surface area contributed by atoms with E-state index in [1.54, 1.807) is 25.4 Å². The number of hydrogen-bond acceptors (Lipinski definition) is 4. The largest absolute Gasteiger partial charge is 0.497 e. The molecule has 1 atom stereocenters. The van der Waals surface area contributed by atoms with Crippen molar-refractivity contribution in [3.05, 3.63) is 83.3 Å². The molecular weight excluding hydrogens is 371 g/mol. The van der Waals surface area contributed by atoms with Crippen LogP contribution in [0, 0.1) is 5.82 Å². The SMILES string of the molecule is COc1cccc(CC(=O)N2CCC[C@@H]2c2ncc(Cc3ccc(F)cc3)o2)c1. The fourth-order valence-corrected chi connectivity index (χ4v) is 3.74. The lowest BCUT2D eigenvalue weighted by Gasteiger charge is -2.22. The smallest absolute Gasteiger partial charge is 0.227 e. The van der Waals surface area contributed by atoms with Gasteiger partial charge in [-0.3, -0.25) is 4.79 Å². The Hall–Kier alpha value is -3.15. The summed E-state index contributed by atoms with van der Waals surface area (Å²) in [5.74, 6) is 1.81. The third kappa shape index (κ3) is 4.47. The van der Waals surface area contributed by atoms with Crippen LogP contribution in [0.5, 0.6) is 5.75 Å². The molecule has 5 nitrogen and oxygen atoms in total. The summed E-state index contributed by atoms with van der Waals surface area (Å²) in [5, 5.41) is 0. The van der Waals surface area contributed by atoms with Gasteiger partial charge in [-0.05, 0) is 48.2 Å². The van der Waals surface area contributed by atoms with E-state index in [1.807, 2.05) is 29.2 Å². The van der Waals surface area contributed by atoms with Gasteiger partial charge in [0.2, 0.25) is 11.8 Å². The van der Waals surface area contributed by atoms with Crippen LogP contribution < -0.4 is 4.74 Å². The number of rotatable bonds is 6. The molecule has 3 aromatic rings. The average molecular weight is 394 g/mol. The molecule has 0 unspecified atom stereocenters. The van der Waals surface area contributed by atoms with Gasteiger partial charge in [0.05, 0.1) is 19.7 Å². The number of oxazole rings is 1. The van der Waals surface area contributed by atoms with Crippen LogP contribution >= 0.6 is 0 Å². The number of halogens is 1. The Balaban J connectivity index is 1.44. The van der Waals surface area contributed by atoms with Crippen LogP contribution in [0.4, 0.5) is 4.39 Å². The van der Waals surface area contributed by atoms with Gasteiger partial charge in [0.25, 0.3) is 0 Å². The van der Waals surface area contributed by atoms with Gasteiger partial charge in [0.1, 0.15) is 23.4 Å². The van der Waals surface area contributed by atoms with Crippen molar-refractivity contribution in [1.82, 2.24) is 9.88 Å². The van der Waals surface area contributed by atoms with Crippen molar-refractivity contribution in [1.29, 1.82) is 0 Å². The molecule has 1 amide bonds. The molecule has 2 aromatic carbocycles. The van der Waals surface area contributed by atoms with Crippen LogP contribution in [0.3, 0.4) is 0 Å². The molecule has 4 rings (SSSR count). The molecule has 1 aliphatic rings. The molecular formula is C23H23FN2O3. The van der Waals surface area contributed by atoms with Gasteiger partial charge in [-0.1, -0.05) is 24.3 Å². The van der Waals surface area contributed by atoms with E-state index < -0.39 is 0 Å². The summed E-state index contributed by atoms with van der Waals surface area (Å²) in [4.78, 5) is 19.2. The van der Waals surface area contributed by atoms with Crippen LogP contribution in [0.2, 0.25) is 0 Å². The van der Waals surface area contributed by atoms with E-state index in [9.17, 15) is 9.18 Å². The molecule has 0 bridgehead atoms. The normalized spacial score (nSPS) is 16.2. The molecule has 2 heterocycles. The van der Waals surface area contributed by atoms with Gasteiger partial charge in [0, 0.05) is 13.0 Å². The van der Waals surface area contributed by atoms with Crippen LogP contribution in [0.1, 0.15) is 41.7 Å². The van der Waals surface area contributed by atoms with Gasteiger partial charge in [-0.25, -0.2) is 9.37 Å². The number of hydrogen-bond donors (Lipinski definition) is 0. The first-order valence-corrected chi connectivity index (χ1v) is 9.74. The number of benzene rings is 2. The fourth-order valence-electron chi connectivity index (χ4n) is 3.74. The minimum absolute atomic E-state index is 0.0547. The standard InChI is InChI=1S/C23H23FN2O3/c1-28-19-5-2-4-17(13-19)14-22(27)26-11-3-6-21(26)23-25-15-20(29-23)12-16-7-9-18(24)10-8-16/h2,4-5,7-10,13,15,21H,3,6,11-12,14H2,1H3/t21-/m1/s1. The number of methoxy groups -OCH3 is 1. The Bertz CT molecular complexity index is 984. The highest BCUT2D eigenvalue weighted by Crippen LogP contribution is 2.32. The Morgan fingerprint density at radius 3 is 2.86 bits per heavy atom. The zero-order valence-corrected chi connectivity index (χ0v) is 16.3. The van der Waals surface area contributed by atoms with Crippen LogP contribution in [-0.2, 0) is 17.6 Å². The highest BCUT2D eigenvalue weighted by molar-refractivity contribution is 5.79. The van der Waals surface area contributed by atoms with Crippen molar-refractivity contribution in [3.63, 3.8) is 0 Å². The van der Waals surface area contributed by atoms with Crippen molar-refractivity contribution in [2.24, 2.45) is 0 Å². The molecule has 0 N–H and O–H groups in total. The Kier molecular flexibility index (Phi) is 5.60. The van der Waals surface area contributed by atoms with E-state index in [0.717, 1.165) is 29.7 Å². The van der Waals surface area contributed by atoms with Crippen molar-refractivity contribution < 1.29 is 18.3 Å². The quantitative estimate of drug-likeness (QED) is 0.625. The molecule has 1 saturated heterocycles. The summed E-state index contributed by atoms with van der Waals surface area (Å²) in [6.45, 7) is 0.698. The minimum Gasteiger partial charge on any atom is -0.497 e. The van der Waals surface area contributed by atoms with Crippen molar-refractivity contribution >= 4 is 5.91 Å². The summed E-state index contributed by atoms with van der Waals surface area (Å²) in [6, 6.07) is 13.8. The summed E-state index contributed by atoms with van der Waals surface area (Å²) < 4.78 is 24.3. The second kappa shape index (κ2) is 8.47. The average Bonchev–Trinajstić information content (AvgIpc) is 3.39. The number of likely N-dealkylation sites (tertiary alicyclic amines) is 1. The summed E-state index contributed by atoms with van der Waals surface area (Å²) in [7, 11) is 1.61. The van der Waals surface area contributed by atoms with Crippen molar-refractivity contribution in [2.45, 2.75) is 31.7 Å². The number of carbonyl (C=O) groups is 1. The maximum atomic E-state index is 13.1. The highest BCUT2D eigenvalue weighted by Gasteiger charge is 2.33. The van der Waals surface area contributed by atoms with Gasteiger partial charge in [0.15, 0.2) is 0 Å². The second-order valence-corrected chi connectivity index (χ2v) is 7.24. The first-order chi connectivity index (χ1) is 14.1. The van der Waals surface area contributed by atoms with Gasteiger partial charge < -0.3 is 14.1 Å². The first-order valence-electron chi connectivity index (χ1n) is 9.74. The monoisotopic (exact) mass is 394 g/mol. The predicted octanol–water partition coefficient (Wildman–Crippen LogP) is 4.32. The molecule has 1 fully saturated rings. The zero-order chi connectivity index (χ0) is 20.2.